The van der Waals surface area contributed by atoms with Gasteiger partial charge in [0.1, 0.15) is 0 Å². The summed E-state index contributed by atoms with van der Waals surface area (Å²) in [6.07, 6.45) is 15.9. The SMILES string of the molecule is C/C=C/C=C(C)/C=C/C1=C(C)C(=O)C(OC(=O)C(O)C(O)C(=O)O)CC1(C)C.CCC(OC(=O)C(O)C(O)C(=O)O)C(=O)/C(C)=C(/C=C/C(C)=C/C=C/C(C)=C/C=C/C=C(C)C)C(C)(C)C. The molecule has 14 nitrogen and oxygen atoms in total. The molecule has 0 aliphatic heterocycles. The molecule has 0 saturated carbocycles. The molecule has 0 aromatic heterocycles. The van der Waals surface area contributed by atoms with Crippen molar-refractivity contribution in [3.05, 3.63) is 130 Å². The van der Waals surface area contributed by atoms with E-state index < -0.39 is 82.9 Å². The zero-order chi connectivity index (χ0) is 51.3. The highest BCUT2D eigenvalue weighted by atomic mass is 16.6. The number of carboxylic acids is 2. The van der Waals surface area contributed by atoms with E-state index >= 15 is 0 Å². The number of carbonyl (C=O) groups excluding carboxylic acids is 4. The van der Waals surface area contributed by atoms with Crippen molar-refractivity contribution in [3.63, 3.8) is 0 Å². The number of aliphatic hydroxyl groups excluding tert-OH is 4. The largest absolute Gasteiger partial charge is 0.479 e. The van der Waals surface area contributed by atoms with Crippen LogP contribution in [0.4, 0.5) is 0 Å². The third-order valence-electron chi connectivity index (χ3n) is 10.0. The van der Waals surface area contributed by atoms with Crippen LogP contribution in [0, 0.1) is 10.8 Å². The number of hydrogen-bond acceptors (Lipinski definition) is 12. The van der Waals surface area contributed by atoms with Crippen molar-refractivity contribution < 1.29 is 68.9 Å². The predicted molar refractivity (Wildman–Crippen MR) is 255 cm³/mol. The van der Waals surface area contributed by atoms with Crippen LogP contribution in [0.1, 0.15) is 110 Å². The van der Waals surface area contributed by atoms with Gasteiger partial charge in [0.15, 0.2) is 48.2 Å². The molecule has 0 radical (unpaired) electrons. The van der Waals surface area contributed by atoms with Gasteiger partial charge in [0.05, 0.1) is 0 Å². The Hall–Kier alpha value is -5.80. The molecule has 6 N–H and O–H groups in total. The molecule has 1 aliphatic carbocycles. The van der Waals surface area contributed by atoms with Crippen molar-refractivity contribution in [2.75, 3.05) is 0 Å². The first kappa shape index (κ1) is 60.2. The Kier molecular flexibility index (Phi) is 25.8. The van der Waals surface area contributed by atoms with Crippen molar-refractivity contribution >= 4 is 35.4 Å². The minimum absolute atomic E-state index is 0.110. The molecule has 6 unspecified atom stereocenters. The standard InChI is InChI=1S/C31H44O7.C21H28O7/c1-10-25(38-30(37)28(34)27(33)29(35)36)26(32)23(6)24(31(7,8)9)19-18-22(5)17-13-16-21(4)15-12-11-14-20(2)3;1-6-7-8-12(2)9-10-14-13(3)16(22)15(11-21(14,4)5)28-20(27)18(24)17(23)19(25)26/h11-19,25,27-28,33-34H,10H2,1-9H3,(H,35,36);6-10,15,17-18,23-24H,11H2,1-5H3,(H,25,26)/b12-11+,16-13+,19-18+,21-15+,22-17+,24-23-;7-6+,10-9+,12-8+. The van der Waals surface area contributed by atoms with Gasteiger partial charge >= 0.3 is 23.9 Å². The average Bonchev–Trinajstić information content (AvgIpc) is 3.23. The van der Waals surface area contributed by atoms with E-state index in [1.54, 1.807) is 20.8 Å². The van der Waals surface area contributed by atoms with Gasteiger partial charge in [-0.05, 0) is 94.9 Å². The quantitative estimate of drug-likeness (QED) is 0.0390. The van der Waals surface area contributed by atoms with Gasteiger partial charge in [0.25, 0.3) is 0 Å². The van der Waals surface area contributed by atoms with E-state index in [-0.39, 0.29) is 12.8 Å². The Balaban J connectivity index is 0.00000134. The molecular weight excluding hydrogens is 849 g/mol. The van der Waals surface area contributed by atoms with E-state index in [4.69, 9.17) is 19.7 Å². The van der Waals surface area contributed by atoms with Gasteiger partial charge in [-0.2, -0.15) is 0 Å². The summed E-state index contributed by atoms with van der Waals surface area (Å²) in [7, 11) is 0. The van der Waals surface area contributed by atoms with Crippen molar-refractivity contribution in [2.24, 2.45) is 10.8 Å². The highest BCUT2D eigenvalue weighted by Gasteiger charge is 2.42. The lowest BCUT2D eigenvalue weighted by molar-refractivity contribution is -0.175. The third kappa shape index (κ3) is 20.6. The lowest BCUT2D eigenvalue weighted by Crippen LogP contribution is -2.45. The number of Topliss-reactive ketones (excluding diaryl/α,β-unsaturated/α-hetero) is 2. The van der Waals surface area contributed by atoms with Gasteiger partial charge in [-0.1, -0.05) is 149 Å². The summed E-state index contributed by atoms with van der Waals surface area (Å²) in [5.74, 6) is -7.13. The molecule has 66 heavy (non-hydrogen) atoms. The number of carbonyl (C=O) groups is 6. The van der Waals surface area contributed by atoms with Crippen LogP contribution in [-0.4, -0.2) is 103 Å². The summed E-state index contributed by atoms with van der Waals surface area (Å²) < 4.78 is 10.1. The fourth-order valence-electron chi connectivity index (χ4n) is 6.23. The van der Waals surface area contributed by atoms with Gasteiger partial charge in [-0.15, -0.1) is 0 Å². The van der Waals surface area contributed by atoms with Gasteiger partial charge in [-0.3, -0.25) is 9.59 Å². The highest BCUT2D eigenvalue weighted by Crippen LogP contribution is 2.41. The molecule has 0 amide bonds. The molecule has 364 valence electrons. The second kappa shape index (κ2) is 28.3. The zero-order valence-electron chi connectivity index (χ0n) is 40.9. The zero-order valence-corrected chi connectivity index (χ0v) is 40.9. The molecular formula is C52H72O14. The second-order valence-electron chi connectivity index (χ2n) is 17.8. The van der Waals surface area contributed by atoms with Crippen molar-refractivity contribution in [1.82, 2.24) is 0 Å². The van der Waals surface area contributed by atoms with E-state index in [0.29, 0.717) is 11.1 Å². The van der Waals surface area contributed by atoms with Crippen LogP contribution >= 0.6 is 0 Å². The second-order valence-corrected chi connectivity index (χ2v) is 17.8. The predicted octanol–water partition coefficient (Wildman–Crippen LogP) is 7.67. The molecule has 0 saturated heterocycles. The lowest BCUT2D eigenvalue weighted by atomic mass is 9.71. The normalized spacial score (nSPS) is 19.0. The molecule has 0 heterocycles. The maximum atomic E-state index is 13.2. The number of rotatable bonds is 20. The molecule has 14 heteroatoms. The smallest absolute Gasteiger partial charge is 0.339 e. The molecule has 6 atom stereocenters. The van der Waals surface area contributed by atoms with E-state index in [2.05, 4.69) is 0 Å². The molecule has 0 aromatic rings. The van der Waals surface area contributed by atoms with Crippen LogP contribution in [-0.2, 0) is 38.2 Å². The minimum atomic E-state index is -2.35. The van der Waals surface area contributed by atoms with Gasteiger partial charge in [0, 0.05) is 6.42 Å². The fraction of sp³-hybridized carbons (Fsp3) is 0.462. The summed E-state index contributed by atoms with van der Waals surface area (Å²) in [5.41, 5.74) is 5.72. The van der Waals surface area contributed by atoms with E-state index in [9.17, 15) is 49.2 Å². The Bertz CT molecular complexity index is 2100. The topological polar surface area (TPSA) is 242 Å². The monoisotopic (exact) mass is 920 g/mol. The first-order valence-corrected chi connectivity index (χ1v) is 21.5. The van der Waals surface area contributed by atoms with Crippen LogP contribution in [0.3, 0.4) is 0 Å². The van der Waals surface area contributed by atoms with Crippen molar-refractivity contribution in [3.8, 4) is 0 Å². The first-order chi connectivity index (χ1) is 30.4. The summed E-state index contributed by atoms with van der Waals surface area (Å²) in [6, 6.07) is 0. The average molecular weight is 921 g/mol. The summed E-state index contributed by atoms with van der Waals surface area (Å²) in [6.45, 7) is 26.5. The van der Waals surface area contributed by atoms with Crippen LogP contribution in [0.2, 0.25) is 0 Å². The number of esters is 2. The van der Waals surface area contributed by atoms with Crippen LogP contribution in [0.15, 0.2) is 130 Å². The van der Waals surface area contributed by atoms with Crippen LogP contribution < -0.4 is 0 Å². The number of hydrogen-bond donors (Lipinski definition) is 6. The summed E-state index contributed by atoms with van der Waals surface area (Å²) in [4.78, 5) is 71.4. The molecule has 0 spiro atoms. The number of allylic oxidation sites excluding steroid dienone is 20. The van der Waals surface area contributed by atoms with Crippen LogP contribution in [0.5, 0.6) is 0 Å². The van der Waals surface area contributed by atoms with Gasteiger partial charge in [0.2, 0.25) is 0 Å². The van der Waals surface area contributed by atoms with E-state index in [1.165, 1.54) is 5.57 Å². The van der Waals surface area contributed by atoms with E-state index in [1.807, 2.05) is 161 Å². The van der Waals surface area contributed by atoms with Crippen molar-refractivity contribution in [2.45, 2.75) is 146 Å². The number of ether oxygens (including phenoxy) is 2. The Morgan fingerprint density at radius 2 is 1.20 bits per heavy atom. The Morgan fingerprint density at radius 1 is 0.712 bits per heavy atom. The molecule has 0 bridgehead atoms. The Labute approximate surface area is 390 Å². The molecule has 0 fully saturated rings. The molecule has 1 aliphatic rings. The van der Waals surface area contributed by atoms with E-state index in [0.717, 1.165) is 27.9 Å². The highest BCUT2D eigenvalue weighted by molar-refractivity contribution is 6.02. The first-order valence-electron chi connectivity index (χ1n) is 21.5. The maximum absolute atomic E-state index is 13.2. The molecule has 0 aromatic carbocycles. The number of aliphatic carboxylic acids is 2. The lowest BCUT2D eigenvalue weighted by Gasteiger charge is -2.36. The van der Waals surface area contributed by atoms with Crippen LogP contribution in [0.25, 0.3) is 0 Å². The summed E-state index contributed by atoms with van der Waals surface area (Å²) in [5, 5.41) is 55.4. The number of carboxylic acid groups (broad SMARTS) is 2. The minimum Gasteiger partial charge on any atom is -0.479 e. The number of ketones is 2. The van der Waals surface area contributed by atoms with Gasteiger partial charge < -0.3 is 40.1 Å². The van der Waals surface area contributed by atoms with Gasteiger partial charge in [-0.25, -0.2) is 19.2 Å². The molecule has 1 rings (SSSR count). The van der Waals surface area contributed by atoms with Crippen molar-refractivity contribution in [1.29, 1.82) is 0 Å². The fourth-order valence-corrected chi connectivity index (χ4v) is 6.23. The maximum Gasteiger partial charge on any atom is 0.339 e. The third-order valence-corrected chi connectivity index (χ3v) is 10.0. The Morgan fingerprint density at radius 3 is 1.70 bits per heavy atom. The number of aliphatic hydroxyl groups is 4. The summed E-state index contributed by atoms with van der Waals surface area (Å²) >= 11 is 0.